The van der Waals surface area contributed by atoms with Crippen molar-refractivity contribution in [2.24, 2.45) is 0 Å². The third-order valence-corrected chi connectivity index (χ3v) is 6.68. The van der Waals surface area contributed by atoms with Crippen LogP contribution in [0.15, 0.2) is 30.6 Å². The lowest BCUT2D eigenvalue weighted by atomic mass is 10.0. The first-order valence-corrected chi connectivity index (χ1v) is 10.8. The number of nitrogens with two attached hydrogens (primary N) is 1. The van der Waals surface area contributed by atoms with E-state index in [9.17, 15) is 9.18 Å². The lowest BCUT2D eigenvalue weighted by Crippen LogP contribution is -2.32. The number of hydrogen-bond acceptors (Lipinski definition) is 5. The van der Waals surface area contributed by atoms with Crippen molar-refractivity contribution in [1.82, 2.24) is 19.3 Å². The molecule has 9 heteroatoms. The number of anilines is 1. The zero-order valence-electron chi connectivity index (χ0n) is 18.1. The molecule has 0 bridgehead atoms. The first-order chi connectivity index (χ1) is 15.8. The number of nitrogens with zero attached hydrogens (tertiary/aromatic N) is 4. The maximum absolute atomic E-state index is 15.0. The topological polar surface area (TPSA) is 85.8 Å². The minimum absolute atomic E-state index is 0.118. The molecular weight excluding hydrogens is 428 g/mol. The number of fused-ring (bicyclic) bond motifs is 4. The number of rotatable bonds is 3. The summed E-state index contributed by atoms with van der Waals surface area (Å²) in [7, 11) is 1.57. The van der Waals surface area contributed by atoms with E-state index >= 15 is 4.39 Å². The van der Waals surface area contributed by atoms with Crippen LogP contribution in [0.3, 0.4) is 0 Å². The maximum atomic E-state index is 15.0. The van der Waals surface area contributed by atoms with Gasteiger partial charge < -0.3 is 15.4 Å². The summed E-state index contributed by atoms with van der Waals surface area (Å²) in [5, 5.41) is 0. The van der Waals surface area contributed by atoms with E-state index in [0.717, 1.165) is 12.8 Å². The smallest absolute Gasteiger partial charge is 0.257 e. The summed E-state index contributed by atoms with van der Waals surface area (Å²) in [5.74, 6) is -0.472. The SMILES string of the molecule is Cc1ncn2c1c(N)nc1cc(F)c(C(=O)N(C)C3COc4cc(C5CC5)c(F)cc43)cc12. The van der Waals surface area contributed by atoms with Gasteiger partial charge in [-0.05, 0) is 49.4 Å². The second-order valence-electron chi connectivity index (χ2n) is 8.80. The highest BCUT2D eigenvalue weighted by Gasteiger charge is 2.35. The molecule has 2 N–H and O–H groups in total. The summed E-state index contributed by atoms with van der Waals surface area (Å²) in [6.45, 7) is 1.98. The van der Waals surface area contributed by atoms with Gasteiger partial charge in [-0.1, -0.05) is 0 Å². The second kappa shape index (κ2) is 6.87. The van der Waals surface area contributed by atoms with Crippen molar-refractivity contribution in [3.8, 4) is 5.75 Å². The number of amides is 1. The number of nitrogen functional groups attached to an aromatic ring is 1. The Morgan fingerprint density at radius 3 is 2.73 bits per heavy atom. The zero-order valence-corrected chi connectivity index (χ0v) is 18.1. The quantitative estimate of drug-likeness (QED) is 0.508. The number of imidazole rings is 1. The third-order valence-electron chi connectivity index (χ3n) is 6.68. The van der Waals surface area contributed by atoms with Crippen LogP contribution in [-0.2, 0) is 0 Å². The van der Waals surface area contributed by atoms with Crippen LogP contribution in [0.5, 0.6) is 5.75 Å². The molecule has 6 rings (SSSR count). The molecule has 1 unspecified atom stereocenters. The van der Waals surface area contributed by atoms with Gasteiger partial charge in [0.25, 0.3) is 5.91 Å². The number of carbonyl (C=O) groups excluding carboxylic acids is 1. The Labute approximate surface area is 187 Å². The van der Waals surface area contributed by atoms with E-state index in [1.54, 1.807) is 30.8 Å². The predicted octanol–water partition coefficient (Wildman–Crippen LogP) is 4.13. The van der Waals surface area contributed by atoms with E-state index in [0.29, 0.717) is 39.1 Å². The van der Waals surface area contributed by atoms with Gasteiger partial charge in [-0.3, -0.25) is 9.20 Å². The summed E-state index contributed by atoms with van der Waals surface area (Å²) in [6, 6.07) is 5.32. The average Bonchev–Trinajstić information content (AvgIpc) is 3.43. The normalized spacial score (nSPS) is 17.4. The van der Waals surface area contributed by atoms with E-state index in [-0.39, 0.29) is 29.7 Å². The zero-order chi connectivity index (χ0) is 23.0. The van der Waals surface area contributed by atoms with Gasteiger partial charge in [-0.25, -0.2) is 18.7 Å². The molecule has 0 radical (unpaired) electrons. The fourth-order valence-electron chi connectivity index (χ4n) is 4.70. The minimum Gasteiger partial charge on any atom is -0.491 e. The molecule has 0 saturated heterocycles. The van der Waals surface area contributed by atoms with E-state index in [1.165, 1.54) is 23.1 Å². The number of likely N-dealkylation sites (N-methyl/N-ethyl adjacent to an activating group) is 1. The van der Waals surface area contributed by atoms with Gasteiger partial charge in [0.05, 0.1) is 28.3 Å². The molecule has 2 aromatic heterocycles. The van der Waals surface area contributed by atoms with Crippen molar-refractivity contribution in [2.45, 2.75) is 31.7 Å². The lowest BCUT2D eigenvalue weighted by molar-refractivity contribution is 0.0704. The molecule has 0 spiro atoms. The van der Waals surface area contributed by atoms with E-state index in [4.69, 9.17) is 10.5 Å². The van der Waals surface area contributed by atoms with Crippen molar-refractivity contribution >= 4 is 28.3 Å². The number of aromatic nitrogens is 3. The monoisotopic (exact) mass is 449 g/mol. The Kier molecular flexibility index (Phi) is 4.14. The van der Waals surface area contributed by atoms with Gasteiger partial charge >= 0.3 is 0 Å². The molecule has 1 saturated carbocycles. The molecule has 33 heavy (non-hydrogen) atoms. The number of aryl methyl sites for hydroxylation is 1. The van der Waals surface area contributed by atoms with Crippen LogP contribution < -0.4 is 10.5 Å². The van der Waals surface area contributed by atoms with Gasteiger partial charge in [0.1, 0.15) is 41.7 Å². The first-order valence-electron chi connectivity index (χ1n) is 10.8. The molecule has 1 atom stereocenters. The van der Waals surface area contributed by atoms with E-state index in [1.807, 2.05) is 0 Å². The number of carbonyl (C=O) groups is 1. The van der Waals surface area contributed by atoms with Gasteiger partial charge in [0.2, 0.25) is 0 Å². The number of halogens is 2. The predicted molar refractivity (Wildman–Crippen MR) is 118 cm³/mol. The van der Waals surface area contributed by atoms with Crippen molar-refractivity contribution < 1.29 is 18.3 Å². The molecule has 3 heterocycles. The summed E-state index contributed by atoms with van der Waals surface area (Å²) >= 11 is 0. The van der Waals surface area contributed by atoms with Crippen molar-refractivity contribution in [2.75, 3.05) is 19.4 Å². The molecule has 1 fully saturated rings. The van der Waals surface area contributed by atoms with Crippen LogP contribution in [0.2, 0.25) is 0 Å². The summed E-state index contributed by atoms with van der Waals surface area (Å²) in [4.78, 5) is 23.3. The van der Waals surface area contributed by atoms with Crippen LogP contribution in [0.25, 0.3) is 16.6 Å². The maximum Gasteiger partial charge on any atom is 0.257 e. The lowest BCUT2D eigenvalue weighted by Gasteiger charge is -2.24. The van der Waals surface area contributed by atoms with Gasteiger partial charge in [0.15, 0.2) is 0 Å². The van der Waals surface area contributed by atoms with Crippen molar-refractivity contribution in [3.05, 3.63) is 64.6 Å². The van der Waals surface area contributed by atoms with Crippen LogP contribution in [0, 0.1) is 18.6 Å². The van der Waals surface area contributed by atoms with Crippen LogP contribution in [0.4, 0.5) is 14.6 Å². The third kappa shape index (κ3) is 2.95. The molecule has 7 nitrogen and oxygen atoms in total. The Hall–Kier alpha value is -3.75. The first kappa shape index (κ1) is 19.9. The van der Waals surface area contributed by atoms with Gasteiger partial charge in [-0.2, -0.15) is 0 Å². The molecule has 1 aliphatic heterocycles. The Morgan fingerprint density at radius 2 is 1.97 bits per heavy atom. The van der Waals surface area contributed by atoms with Crippen LogP contribution in [-0.4, -0.2) is 38.8 Å². The van der Waals surface area contributed by atoms with Gasteiger partial charge in [0, 0.05) is 18.7 Å². The molecule has 168 valence electrons. The van der Waals surface area contributed by atoms with Gasteiger partial charge in [-0.15, -0.1) is 0 Å². The molecule has 1 amide bonds. The van der Waals surface area contributed by atoms with Crippen molar-refractivity contribution in [3.63, 3.8) is 0 Å². The highest BCUT2D eigenvalue weighted by atomic mass is 19.1. The number of ether oxygens (including phenoxy) is 1. The highest BCUT2D eigenvalue weighted by molar-refractivity contribution is 5.98. The van der Waals surface area contributed by atoms with E-state index in [2.05, 4.69) is 9.97 Å². The number of benzene rings is 2. The van der Waals surface area contributed by atoms with Crippen LogP contribution >= 0.6 is 0 Å². The highest BCUT2D eigenvalue weighted by Crippen LogP contribution is 2.46. The Bertz CT molecular complexity index is 1480. The largest absolute Gasteiger partial charge is 0.491 e. The fraction of sp³-hybridized carbons (Fsp3) is 0.292. The molecule has 2 aliphatic rings. The molecule has 1 aliphatic carbocycles. The fourth-order valence-corrected chi connectivity index (χ4v) is 4.70. The molecule has 4 aromatic rings. The number of hydrogen-bond donors (Lipinski definition) is 1. The average molecular weight is 449 g/mol. The second-order valence-corrected chi connectivity index (χ2v) is 8.80. The van der Waals surface area contributed by atoms with E-state index < -0.39 is 17.8 Å². The summed E-state index contributed by atoms with van der Waals surface area (Å²) in [6.07, 6.45) is 3.52. The summed E-state index contributed by atoms with van der Waals surface area (Å²) in [5.41, 5.74) is 9.29. The van der Waals surface area contributed by atoms with Crippen molar-refractivity contribution in [1.29, 1.82) is 0 Å². The molecule has 2 aromatic carbocycles. The standard InChI is InChI=1S/C24H21F2N5O2/c1-11-22-23(27)29-18-8-17(26)14(6-19(18)31(22)10-28-11)24(32)30(2)20-9-33-21-7-13(12-3-4-12)16(25)5-15(20)21/h5-8,10,12,20H,3-4,9H2,1-2H3,(H2,27,29). The minimum atomic E-state index is -0.711. The Morgan fingerprint density at radius 1 is 1.18 bits per heavy atom. The van der Waals surface area contributed by atoms with Crippen LogP contribution in [0.1, 0.15) is 52.0 Å². The molecular formula is C24H21F2N5O2. The summed E-state index contributed by atoms with van der Waals surface area (Å²) < 4.78 is 37.2. The Balaban J connectivity index is 1.40.